The Labute approximate surface area is 150 Å². The summed E-state index contributed by atoms with van der Waals surface area (Å²) in [6.07, 6.45) is 9.58. The Bertz CT molecular complexity index is 860. The van der Waals surface area contributed by atoms with Crippen LogP contribution < -0.4 is 5.32 Å². The molecule has 2 N–H and O–H groups in total. The minimum atomic E-state index is -0.554. The number of amides is 1. The van der Waals surface area contributed by atoms with E-state index >= 15 is 0 Å². The third-order valence-corrected chi connectivity index (χ3v) is 4.77. The van der Waals surface area contributed by atoms with Crippen LogP contribution in [-0.4, -0.2) is 37.7 Å². The highest BCUT2D eigenvalue weighted by Gasteiger charge is 2.34. The second-order valence-electron chi connectivity index (χ2n) is 6.64. The number of aliphatic hydroxyl groups excluding tert-OH is 1. The van der Waals surface area contributed by atoms with Crippen LogP contribution >= 0.6 is 0 Å². The van der Waals surface area contributed by atoms with Gasteiger partial charge in [-0.25, -0.2) is 4.98 Å². The molecule has 134 valence electrons. The molecule has 0 saturated heterocycles. The van der Waals surface area contributed by atoms with E-state index in [0.717, 1.165) is 18.5 Å². The Hall–Kier alpha value is -2.93. The van der Waals surface area contributed by atoms with Gasteiger partial charge in [-0.05, 0) is 43.0 Å². The van der Waals surface area contributed by atoms with Gasteiger partial charge in [-0.2, -0.15) is 0 Å². The Morgan fingerprint density at radius 1 is 1.19 bits per heavy atom. The van der Waals surface area contributed by atoms with Crippen LogP contribution in [0.1, 0.15) is 23.4 Å². The normalized spacial score (nSPS) is 22.4. The van der Waals surface area contributed by atoms with Crippen molar-refractivity contribution >= 4 is 5.91 Å². The van der Waals surface area contributed by atoms with E-state index in [1.165, 1.54) is 0 Å². The molecular weight excluding hydrogens is 332 g/mol. The van der Waals surface area contributed by atoms with E-state index in [4.69, 9.17) is 4.42 Å². The van der Waals surface area contributed by atoms with Crippen LogP contribution in [0.2, 0.25) is 0 Å². The molecule has 0 aromatic carbocycles. The molecule has 0 aliphatic heterocycles. The van der Waals surface area contributed by atoms with Crippen LogP contribution in [0, 0.1) is 5.92 Å². The van der Waals surface area contributed by atoms with Gasteiger partial charge in [0.2, 0.25) is 0 Å². The zero-order valence-corrected chi connectivity index (χ0v) is 14.2. The fourth-order valence-corrected chi connectivity index (χ4v) is 3.49. The predicted molar refractivity (Wildman–Crippen MR) is 94.2 cm³/mol. The summed E-state index contributed by atoms with van der Waals surface area (Å²) in [5.41, 5.74) is 0.861. The molecule has 3 atom stereocenters. The van der Waals surface area contributed by atoms with Gasteiger partial charge in [0.1, 0.15) is 5.76 Å². The lowest BCUT2D eigenvalue weighted by Crippen LogP contribution is -2.39. The molecule has 1 saturated carbocycles. The lowest BCUT2D eigenvalue weighted by atomic mass is 10.1. The maximum absolute atomic E-state index is 12.5. The molecule has 1 unspecified atom stereocenters. The van der Waals surface area contributed by atoms with Gasteiger partial charge in [-0.3, -0.25) is 9.78 Å². The molecule has 4 rings (SSSR count). The highest BCUT2D eigenvalue weighted by molar-refractivity contribution is 5.92. The molecule has 7 heteroatoms. The molecule has 1 fully saturated rings. The van der Waals surface area contributed by atoms with E-state index in [9.17, 15) is 9.90 Å². The maximum atomic E-state index is 12.5. The van der Waals surface area contributed by atoms with Crippen LogP contribution in [-0.2, 0) is 6.54 Å². The SMILES string of the molecule is O=C(N[C@@H]1CC(Cn2ccnc2)C[C@H]1O)c1ccc(-c2ccncc2)o1. The third-order valence-electron chi connectivity index (χ3n) is 4.77. The molecule has 0 bridgehead atoms. The molecule has 0 spiro atoms. The van der Waals surface area contributed by atoms with Crippen molar-refractivity contribution in [3.05, 3.63) is 61.1 Å². The Kier molecular flexibility index (Phi) is 4.53. The number of carbonyl (C=O) groups excluding carboxylic acids is 1. The van der Waals surface area contributed by atoms with Crippen molar-refractivity contribution in [2.75, 3.05) is 0 Å². The fraction of sp³-hybridized carbons (Fsp3) is 0.316. The van der Waals surface area contributed by atoms with E-state index in [2.05, 4.69) is 15.3 Å². The maximum Gasteiger partial charge on any atom is 0.287 e. The lowest BCUT2D eigenvalue weighted by Gasteiger charge is -2.15. The molecule has 3 aromatic rings. The van der Waals surface area contributed by atoms with Gasteiger partial charge in [0.05, 0.1) is 18.5 Å². The number of aromatic nitrogens is 3. The van der Waals surface area contributed by atoms with Crippen molar-refractivity contribution in [2.24, 2.45) is 5.92 Å². The largest absolute Gasteiger partial charge is 0.451 e. The van der Waals surface area contributed by atoms with Crippen LogP contribution in [0.15, 0.2) is 59.8 Å². The Balaban J connectivity index is 1.38. The zero-order valence-electron chi connectivity index (χ0n) is 14.2. The Morgan fingerprint density at radius 3 is 2.81 bits per heavy atom. The number of hydrogen-bond donors (Lipinski definition) is 2. The second kappa shape index (κ2) is 7.13. The first-order valence-electron chi connectivity index (χ1n) is 8.64. The van der Waals surface area contributed by atoms with E-state index in [-0.39, 0.29) is 17.7 Å². The van der Waals surface area contributed by atoms with Gasteiger partial charge in [0.25, 0.3) is 5.91 Å². The van der Waals surface area contributed by atoms with Crippen molar-refractivity contribution in [3.63, 3.8) is 0 Å². The monoisotopic (exact) mass is 352 g/mol. The number of pyridine rings is 1. The molecule has 7 nitrogen and oxygen atoms in total. The smallest absolute Gasteiger partial charge is 0.287 e. The number of furan rings is 1. The fourth-order valence-electron chi connectivity index (χ4n) is 3.49. The van der Waals surface area contributed by atoms with Gasteiger partial charge in [-0.1, -0.05) is 0 Å². The van der Waals surface area contributed by atoms with Crippen molar-refractivity contribution in [3.8, 4) is 11.3 Å². The van der Waals surface area contributed by atoms with Crippen molar-refractivity contribution in [2.45, 2.75) is 31.5 Å². The second-order valence-corrected chi connectivity index (χ2v) is 6.64. The van der Waals surface area contributed by atoms with Crippen LogP contribution in [0.3, 0.4) is 0 Å². The minimum Gasteiger partial charge on any atom is -0.451 e. The molecule has 1 aliphatic rings. The third kappa shape index (κ3) is 3.52. The molecular formula is C19H20N4O3. The van der Waals surface area contributed by atoms with E-state index < -0.39 is 6.10 Å². The standard InChI is InChI=1S/C19H20N4O3/c24-16-10-13(11-23-8-7-21-12-23)9-15(16)22-19(25)18-2-1-17(26-18)14-3-5-20-6-4-14/h1-8,12-13,15-16,24H,9-11H2,(H,22,25)/t13?,15-,16-/m1/s1. The average molecular weight is 352 g/mol. The lowest BCUT2D eigenvalue weighted by molar-refractivity contribution is 0.0847. The summed E-state index contributed by atoms with van der Waals surface area (Å²) in [6, 6.07) is 6.78. The highest BCUT2D eigenvalue weighted by Crippen LogP contribution is 2.28. The van der Waals surface area contributed by atoms with Crippen LogP contribution in [0.25, 0.3) is 11.3 Å². The minimum absolute atomic E-state index is 0.238. The van der Waals surface area contributed by atoms with Crippen molar-refractivity contribution < 1.29 is 14.3 Å². The van der Waals surface area contributed by atoms with Crippen molar-refractivity contribution in [1.29, 1.82) is 0 Å². The number of aliphatic hydroxyl groups is 1. The average Bonchev–Trinajstić information content (AvgIpc) is 3.38. The van der Waals surface area contributed by atoms with Gasteiger partial charge < -0.3 is 19.4 Å². The predicted octanol–water partition coefficient (Wildman–Crippen LogP) is 2.11. The number of hydrogen-bond acceptors (Lipinski definition) is 5. The van der Waals surface area contributed by atoms with E-state index in [1.54, 1.807) is 37.1 Å². The first-order valence-corrected chi connectivity index (χ1v) is 8.64. The number of nitrogens with zero attached hydrogens (tertiary/aromatic N) is 3. The topological polar surface area (TPSA) is 93.2 Å². The number of rotatable bonds is 5. The van der Waals surface area contributed by atoms with Crippen LogP contribution in [0.4, 0.5) is 0 Å². The van der Waals surface area contributed by atoms with Crippen molar-refractivity contribution in [1.82, 2.24) is 19.9 Å². The number of nitrogens with one attached hydrogen (secondary N) is 1. The summed E-state index contributed by atoms with van der Waals surface area (Å²) in [6.45, 7) is 0.788. The highest BCUT2D eigenvalue weighted by atomic mass is 16.4. The van der Waals surface area contributed by atoms with E-state index in [0.29, 0.717) is 18.1 Å². The van der Waals surface area contributed by atoms with E-state index in [1.807, 2.05) is 22.9 Å². The van der Waals surface area contributed by atoms with Gasteiger partial charge in [0.15, 0.2) is 5.76 Å². The molecule has 3 heterocycles. The summed E-state index contributed by atoms with van der Waals surface area (Å²) in [5, 5.41) is 13.2. The summed E-state index contributed by atoms with van der Waals surface area (Å²) in [4.78, 5) is 20.5. The van der Waals surface area contributed by atoms with Crippen LogP contribution in [0.5, 0.6) is 0 Å². The summed E-state index contributed by atoms with van der Waals surface area (Å²) in [7, 11) is 0. The molecule has 1 aliphatic carbocycles. The first-order chi connectivity index (χ1) is 12.7. The first kappa shape index (κ1) is 16.5. The molecule has 26 heavy (non-hydrogen) atoms. The quantitative estimate of drug-likeness (QED) is 0.733. The summed E-state index contributed by atoms with van der Waals surface area (Å²) < 4.78 is 7.65. The van der Waals surface area contributed by atoms with Gasteiger partial charge in [-0.15, -0.1) is 0 Å². The molecule has 0 radical (unpaired) electrons. The number of imidazole rings is 1. The molecule has 3 aromatic heterocycles. The summed E-state index contributed by atoms with van der Waals surface area (Å²) in [5.74, 6) is 0.843. The summed E-state index contributed by atoms with van der Waals surface area (Å²) >= 11 is 0. The van der Waals surface area contributed by atoms with Gasteiger partial charge >= 0.3 is 0 Å². The van der Waals surface area contributed by atoms with Gasteiger partial charge in [0, 0.05) is 36.9 Å². The molecule has 1 amide bonds. The number of carbonyl (C=O) groups is 1. The zero-order chi connectivity index (χ0) is 17.9. The Morgan fingerprint density at radius 2 is 2.04 bits per heavy atom.